The predicted molar refractivity (Wildman–Crippen MR) is 132 cm³/mol. The molecular weight excluding hydrogens is 448 g/mol. The van der Waals surface area contributed by atoms with Gasteiger partial charge in [-0.1, -0.05) is 12.2 Å². The van der Waals surface area contributed by atoms with Crippen molar-refractivity contribution in [2.75, 3.05) is 13.7 Å². The molecule has 1 aliphatic heterocycles. The van der Waals surface area contributed by atoms with Gasteiger partial charge < -0.3 is 14.8 Å². The molecular formula is C28H29F2N3O2. The van der Waals surface area contributed by atoms with Gasteiger partial charge in [0.05, 0.1) is 37.3 Å². The standard InChI is InChI=1S/C28H29F2N3O2/c1-34-23-8-10-26-24(18-23)19(13-16-33-26)4-6-22-7-11-27(28(35-22)12-14-31)32-15-2-3-20-17-21(29)5-9-25(20)30/h2-3,5,8-10,13,16-18,22,27-28,32H,4,6-7,11-12,15H2,1H3/t22-,27-,28-/m1/s1. The van der Waals surface area contributed by atoms with Crippen LogP contribution in [0.25, 0.3) is 17.0 Å². The lowest BCUT2D eigenvalue weighted by atomic mass is 9.93. The maximum absolute atomic E-state index is 13.8. The van der Waals surface area contributed by atoms with Gasteiger partial charge in [0.25, 0.3) is 0 Å². The summed E-state index contributed by atoms with van der Waals surface area (Å²) in [6.07, 6.45) is 8.75. The Labute approximate surface area is 204 Å². The van der Waals surface area contributed by atoms with Gasteiger partial charge in [0.15, 0.2) is 0 Å². The molecule has 0 amide bonds. The van der Waals surface area contributed by atoms with Gasteiger partial charge >= 0.3 is 0 Å². The first kappa shape index (κ1) is 24.8. The van der Waals surface area contributed by atoms with Gasteiger partial charge in [0.2, 0.25) is 0 Å². The fraction of sp³-hybridized carbons (Fsp3) is 0.357. The van der Waals surface area contributed by atoms with Crippen LogP contribution in [-0.2, 0) is 11.2 Å². The summed E-state index contributed by atoms with van der Waals surface area (Å²) in [7, 11) is 1.66. The molecule has 3 aromatic rings. The molecule has 3 atom stereocenters. The Morgan fingerprint density at radius 1 is 1.20 bits per heavy atom. The van der Waals surface area contributed by atoms with E-state index in [1.165, 1.54) is 11.6 Å². The monoisotopic (exact) mass is 477 g/mol. The molecule has 182 valence electrons. The van der Waals surface area contributed by atoms with Crippen LogP contribution in [-0.4, -0.2) is 36.9 Å². The number of fused-ring (bicyclic) bond motifs is 1. The largest absolute Gasteiger partial charge is 0.497 e. The van der Waals surface area contributed by atoms with Crippen LogP contribution in [0.1, 0.15) is 36.8 Å². The predicted octanol–water partition coefficient (Wildman–Crippen LogP) is 5.59. The molecule has 1 aromatic heterocycles. The highest BCUT2D eigenvalue weighted by Crippen LogP contribution is 2.28. The first-order valence-electron chi connectivity index (χ1n) is 11.9. The van der Waals surface area contributed by atoms with Gasteiger partial charge in [0, 0.05) is 29.7 Å². The van der Waals surface area contributed by atoms with Gasteiger partial charge in [-0.05, 0) is 73.7 Å². The van der Waals surface area contributed by atoms with Crippen molar-refractivity contribution in [3.05, 3.63) is 77.5 Å². The number of hydrogen-bond acceptors (Lipinski definition) is 5. The van der Waals surface area contributed by atoms with Crippen molar-refractivity contribution >= 4 is 17.0 Å². The van der Waals surface area contributed by atoms with Crippen molar-refractivity contribution < 1.29 is 18.3 Å². The van der Waals surface area contributed by atoms with Gasteiger partial charge in [-0.2, -0.15) is 5.26 Å². The molecule has 0 aliphatic carbocycles. The summed E-state index contributed by atoms with van der Waals surface area (Å²) in [5.74, 6) is -0.133. The average Bonchev–Trinajstić information content (AvgIpc) is 2.88. The van der Waals surface area contributed by atoms with Crippen molar-refractivity contribution in [3.63, 3.8) is 0 Å². The minimum atomic E-state index is -0.473. The molecule has 4 rings (SSSR count). The number of aromatic nitrogens is 1. The Hall–Kier alpha value is -3.34. The summed E-state index contributed by atoms with van der Waals surface area (Å²) >= 11 is 0. The van der Waals surface area contributed by atoms with E-state index in [4.69, 9.17) is 9.47 Å². The van der Waals surface area contributed by atoms with Gasteiger partial charge in [0.1, 0.15) is 17.4 Å². The van der Waals surface area contributed by atoms with Crippen LogP contribution in [0.2, 0.25) is 0 Å². The van der Waals surface area contributed by atoms with Crippen LogP contribution in [0.5, 0.6) is 5.75 Å². The number of halogens is 2. The summed E-state index contributed by atoms with van der Waals surface area (Å²) in [5.41, 5.74) is 2.34. The van der Waals surface area contributed by atoms with E-state index in [2.05, 4.69) is 16.4 Å². The molecule has 1 fully saturated rings. The fourth-order valence-electron chi connectivity index (χ4n) is 4.58. The number of nitriles is 1. The number of nitrogens with one attached hydrogen (secondary N) is 1. The Bertz CT molecular complexity index is 1220. The Balaban J connectivity index is 1.33. The summed E-state index contributed by atoms with van der Waals surface area (Å²) in [6.45, 7) is 0.474. The van der Waals surface area contributed by atoms with E-state index < -0.39 is 11.6 Å². The van der Waals surface area contributed by atoms with Crippen molar-refractivity contribution in [1.29, 1.82) is 5.26 Å². The molecule has 0 unspecified atom stereocenters. The number of hydrogen-bond donors (Lipinski definition) is 1. The highest BCUT2D eigenvalue weighted by Gasteiger charge is 2.30. The van der Waals surface area contributed by atoms with Crippen molar-refractivity contribution in [1.82, 2.24) is 10.3 Å². The number of benzene rings is 2. The third kappa shape index (κ3) is 6.41. The zero-order chi connectivity index (χ0) is 24.6. The number of aryl methyl sites for hydroxylation is 1. The molecule has 7 heteroatoms. The smallest absolute Gasteiger partial charge is 0.130 e. The van der Waals surface area contributed by atoms with Gasteiger partial charge in [-0.15, -0.1) is 0 Å². The molecule has 0 spiro atoms. The normalized spacial score (nSPS) is 20.2. The highest BCUT2D eigenvalue weighted by molar-refractivity contribution is 5.83. The lowest BCUT2D eigenvalue weighted by Crippen LogP contribution is -2.47. The van der Waals surface area contributed by atoms with Crippen molar-refractivity contribution in [2.24, 2.45) is 0 Å². The van der Waals surface area contributed by atoms with Crippen LogP contribution < -0.4 is 10.1 Å². The number of pyridine rings is 1. The summed E-state index contributed by atoms with van der Waals surface area (Å²) in [5, 5.41) is 13.8. The topological polar surface area (TPSA) is 67.2 Å². The van der Waals surface area contributed by atoms with E-state index >= 15 is 0 Å². The van der Waals surface area contributed by atoms with Crippen LogP contribution >= 0.6 is 0 Å². The Kier molecular flexibility index (Phi) is 8.40. The quantitative estimate of drug-likeness (QED) is 0.435. The van der Waals surface area contributed by atoms with Gasteiger partial charge in [-0.3, -0.25) is 4.98 Å². The third-order valence-corrected chi connectivity index (χ3v) is 6.44. The Morgan fingerprint density at radius 3 is 2.91 bits per heavy atom. The zero-order valence-corrected chi connectivity index (χ0v) is 19.7. The molecule has 1 saturated heterocycles. The second kappa shape index (κ2) is 11.9. The summed E-state index contributed by atoms with van der Waals surface area (Å²) in [4.78, 5) is 4.45. The van der Waals surface area contributed by atoms with E-state index in [0.717, 1.165) is 54.5 Å². The molecule has 35 heavy (non-hydrogen) atoms. The molecule has 0 saturated carbocycles. The minimum absolute atomic E-state index is 0.0268. The van der Waals surface area contributed by atoms with Gasteiger partial charge in [-0.25, -0.2) is 8.78 Å². The minimum Gasteiger partial charge on any atom is -0.497 e. The lowest BCUT2D eigenvalue weighted by Gasteiger charge is -2.36. The molecule has 1 N–H and O–H groups in total. The van der Waals surface area contributed by atoms with Crippen LogP contribution in [0.15, 0.2) is 54.7 Å². The third-order valence-electron chi connectivity index (χ3n) is 6.44. The highest BCUT2D eigenvalue weighted by atomic mass is 19.1. The lowest BCUT2D eigenvalue weighted by molar-refractivity contribution is -0.0678. The molecule has 0 radical (unpaired) electrons. The van der Waals surface area contributed by atoms with Crippen molar-refractivity contribution in [3.8, 4) is 11.8 Å². The molecule has 2 heterocycles. The second-order valence-corrected chi connectivity index (χ2v) is 8.71. The number of methoxy groups -OCH3 is 1. The summed E-state index contributed by atoms with van der Waals surface area (Å²) in [6, 6.07) is 13.6. The molecule has 2 aromatic carbocycles. The average molecular weight is 478 g/mol. The van der Waals surface area contributed by atoms with Crippen LogP contribution in [0.3, 0.4) is 0 Å². The molecule has 1 aliphatic rings. The fourth-order valence-corrected chi connectivity index (χ4v) is 4.58. The first-order chi connectivity index (χ1) is 17.1. The van der Waals surface area contributed by atoms with E-state index in [-0.39, 0.29) is 23.8 Å². The first-order valence-corrected chi connectivity index (χ1v) is 11.9. The van der Waals surface area contributed by atoms with E-state index in [1.54, 1.807) is 19.3 Å². The van der Waals surface area contributed by atoms with E-state index in [9.17, 15) is 14.0 Å². The maximum atomic E-state index is 13.8. The number of rotatable bonds is 9. The molecule has 0 bridgehead atoms. The summed E-state index contributed by atoms with van der Waals surface area (Å²) < 4.78 is 38.8. The number of ether oxygens (including phenoxy) is 2. The maximum Gasteiger partial charge on any atom is 0.130 e. The van der Waals surface area contributed by atoms with Crippen LogP contribution in [0.4, 0.5) is 8.78 Å². The zero-order valence-electron chi connectivity index (χ0n) is 19.7. The Morgan fingerprint density at radius 2 is 2.09 bits per heavy atom. The number of nitrogens with zero attached hydrogens (tertiary/aromatic N) is 2. The second-order valence-electron chi connectivity index (χ2n) is 8.71. The van der Waals surface area contributed by atoms with E-state index in [1.807, 2.05) is 30.5 Å². The van der Waals surface area contributed by atoms with Crippen LogP contribution in [0, 0.1) is 23.0 Å². The van der Waals surface area contributed by atoms with E-state index in [0.29, 0.717) is 13.0 Å². The SMILES string of the molecule is COc1ccc2nccc(CC[C@@H]3CC[C@@H](NCC=Cc4cc(F)ccc4F)[C@@H](CC#N)O3)c2c1. The van der Waals surface area contributed by atoms with Crippen molar-refractivity contribution in [2.45, 2.75) is 50.4 Å². The molecule has 5 nitrogen and oxygen atoms in total.